The number of ether oxygens (including phenoxy) is 21. The molecule has 7 rings (SSSR count). The maximum atomic E-state index is 14.7. The van der Waals surface area contributed by atoms with E-state index in [2.05, 4.69) is 20.1 Å². The Hall–Kier alpha value is -6.31. The lowest BCUT2D eigenvalue weighted by atomic mass is 9.90. The number of esters is 5. The van der Waals surface area contributed by atoms with Crippen LogP contribution in [-0.2, 0) is 114 Å². The van der Waals surface area contributed by atoms with Gasteiger partial charge in [-0.15, -0.1) is 0 Å². The van der Waals surface area contributed by atoms with Crippen molar-refractivity contribution in [3.63, 3.8) is 0 Å². The highest BCUT2D eigenvalue weighted by atomic mass is 16.8. The van der Waals surface area contributed by atoms with E-state index in [0.29, 0.717) is 64.2 Å². The van der Waals surface area contributed by atoms with Crippen molar-refractivity contribution in [3.8, 4) is 0 Å². The van der Waals surface area contributed by atoms with Crippen LogP contribution in [0.4, 0.5) is 0 Å². The number of unbranched alkanes of at least 4 members (excludes halogenated alkanes) is 6. The fourth-order valence-electron chi connectivity index (χ4n) is 13.2. The maximum absolute atomic E-state index is 14.7. The molecule has 108 heavy (non-hydrogen) atoms. The molecular weight excluding hydrogens is 1420 g/mol. The van der Waals surface area contributed by atoms with E-state index in [4.69, 9.17) is 99.5 Å². The van der Waals surface area contributed by atoms with Gasteiger partial charge in [0.2, 0.25) is 0 Å². The molecule has 25 atom stereocenters. The van der Waals surface area contributed by atoms with E-state index in [1.807, 2.05) is 41.5 Å². The summed E-state index contributed by atoms with van der Waals surface area (Å²) in [7, 11) is 3.54. The van der Waals surface area contributed by atoms with E-state index in [1.165, 1.54) is 19.2 Å². The lowest BCUT2D eigenvalue weighted by molar-refractivity contribution is -0.385. The first-order valence-corrected chi connectivity index (χ1v) is 37.7. The number of aliphatic hydroxyl groups is 2. The lowest BCUT2D eigenvalue weighted by Gasteiger charge is -2.51. The summed E-state index contributed by atoms with van der Waals surface area (Å²) in [5.74, 6) is -5.74. The van der Waals surface area contributed by atoms with Crippen LogP contribution < -0.4 is 0 Å². The van der Waals surface area contributed by atoms with Crippen LogP contribution >= 0.6 is 0 Å². The summed E-state index contributed by atoms with van der Waals surface area (Å²) in [5, 5.41) is 30.8. The third kappa shape index (κ3) is 24.1. The standard InChI is InChI=1S/C74H112N6O28/c1-12-18-34-91-53-47(40-81)100-72(51(78-80-76)56(53)92-35-19-13-2)106-60-58(94-37-21-15-4)64(96-39-23-17-6)73(107-62(60)68(86)88-9)103-54-48(41-82)99-70(43(7)52(54)98-44(8)83)105-61-59(95-38-22-16-5)65(102-67(85)46-32-28-25-29-33-46)74(108-63(61)69(87)89-10)104-55-49(42-97-66(84)45-30-26-24-27-31-45)101-71(90-11)50(77-79-75)57(55)93-36-20-14-3/h24-33,43,47-65,70-74,81-82H,12-23,34-42H2,1-11H3/t43?,47?,48?,49?,50?,51?,52-,53-,54-,55-,56-,57-,58?,59?,60+,61-,62?,63?,64+,65+,70+,71+,72-,73-,74-/m1/s1. The molecule has 5 saturated heterocycles. The molecule has 34 heteroatoms. The number of hydrogen-bond donors (Lipinski definition) is 2. The molecule has 0 spiro atoms. The van der Waals surface area contributed by atoms with Crippen molar-refractivity contribution in [1.29, 1.82) is 0 Å². The number of methoxy groups -OCH3 is 3. The first-order chi connectivity index (χ1) is 52.5. The van der Waals surface area contributed by atoms with Crippen LogP contribution in [0.2, 0.25) is 0 Å². The third-order valence-electron chi connectivity index (χ3n) is 19.0. The highest BCUT2D eigenvalue weighted by Crippen LogP contribution is 2.42. The van der Waals surface area contributed by atoms with Gasteiger partial charge in [0.1, 0.15) is 91.9 Å². The van der Waals surface area contributed by atoms with Gasteiger partial charge >= 0.3 is 29.8 Å². The van der Waals surface area contributed by atoms with Crippen molar-refractivity contribution in [2.24, 2.45) is 16.1 Å². The summed E-state index contributed by atoms with van der Waals surface area (Å²) in [6, 6.07) is 13.5. The second kappa shape index (κ2) is 47.1. The van der Waals surface area contributed by atoms with Gasteiger partial charge in [0.05, 0.1) is 50.8 Å². The number of aliphatic hydroxyl groups excluding tert-OH is 2. The molecule has 5 heterocycles. The highest BCUT2D eigenvalue weighted by Gasteiger charge is 2.61. The topological polar surface area (TPSA) is 417 Å². The van der Waals surface area contributed by atoms with Gasteiger partial charge in [-0.25, -0.2) is 19.2 Å². The summed E-state index contributed by atoms with van der Waals surface area (Å²) >= 11 is 0. The molecule has 0 bridgehead atoms. The first kappa shape index (κ1) is 88.9. The van der Waals surface area contributed by atoms with Gasteiger partial charge in [0, 0.05) is 69.4 Å². The summed E-state index contributed by atoms with van der Waals surface area (Å²) in [6.45, 7) is 13.0. The fourth-order valence-corrected chi connectivity index (χ4v) is 13.2. The molecule has 10 unspecified atom stereocenters. The number of carbonyl (C=O) groups is 5. The van der Waals surface area contributed by atoms with Crippen LogP contribution in [-0.4, -0.2) is 268 Å². The van der Waals surface area contributed by atoms with Crippen molar-refractivity contribution in [1.82, 2.24) is 0 Å². The Morgan fingerprint density at radius 3 is 1.26 bits per heavy atom. The monoisotopic (exact) mass is 1530 g/mol. The molecule has 0 amide bonds. The molecule has 5 aliphatic rings. The molecule has 0 aromatic heterocycles. The van der Waals surface area contributed by atoms with Crippen molar-refractivity contribution in [2.45, 2.75) is 280 Å². The highest BCUT2D eigenvalue weighted by molar-refractivity contribution is 5.90. The maximum Gasteiger partial charge on any atom is 0.338 e. The Morgan fingerprint density at radius 2 is 0.806 bits per heavy atom. The smallest absolute Gasteiger partial charge is 0.338 e. The summed E-state index contributed by atoms with van der Waals surface area (Å²) < 4.78 is 135. The average molecular weight is 1530 g/mol. The Morgan fingerprint density at radius 1 is 0.426 bits per heavy atom. The van der Waals surface area contributed by atoms with Crippen molar-refractivity contribution in [3.05, 3.63) is 92.7 Å². The lowest BCUT2D eigenvalue weighted by Crippen LogP contribution is -2.69. The summed E-state index contributed by atoms with van der Waals surface area (Å²) in [5.41, 5.74) is 20.5. The van der Waals surface area contributed by atoms with Gasteiger partial charge in [0.15, 0.2) is 49.8 Å². The first-order valence-electron chi connectivity index (χ1n) is 37.7. The van der Waals surface area contributed by atoms with Gasteiger partial charge < -0.3 is 110 Å². The average Bonchev–Trinajstić information content (AvgIpc) is 0.750. The van der Waals surface area contributed by atoms with Crippen LogP contribution in [0.3, 0.4) is 0 Å². The van der Waals surface area contributed by atoms with Crippen LogP contribution in [0.5, 0.6) is 0 Å². The normalized spacial score (nSPS) is 32.7. The van der Waals surface area contributed by atoms with Crippen LogP contribution in [0.25, 0.3) is 20.9 Å². The van der Waals surface area contributed by atoms with E-state index >= 15 is 0 Å². The number of nitrogens with zero attached hydrogens (tertiary/aromatic N) is 6. The SMILES string of the molecule is CCCCOC1[C@H](O[C@H]2OC(CO)[C@@H](OCCCC)[C@H](OCCCC)C2N=[N+]=[N-])C(C(=O)OC)O[C@@H](O[C@@H]2C(CO)O[C@@H](O[C@H]3C(C(=O)OC)O[C@@H](O[C@@H]4C(COC(=O)c5ccccc5)O[C@H](OC)C(N=[N+]=[N-])[C@H]4OCCCC)[C@@H](OC(=O)c4ccccc4)C3OCCCC)C(C)[C@H]2OC(C)=O)[C@H]1OCCCC. The van der Waals surface area contributed by atoms with Gasteiger partial charge in [-0.2, -0.15) is 0 Å². The Bertz CT molecular complexity index is 3090. The van der Waals surface area contributed by atoms with Gasteiger partial charge in [-0.05, 0) is 73.9 Å². The van der Waals surface area contributed by atoms with Gasteiger partial charge in [0.25, 0.3) is 0 Å². The third-order valence-corrected chi connectivity index (χ3v) is 19.0. The van der Waals surface area contributed by atoms with Crippen LogP contribution in [0.15, 0.2) is 70.9 Å². The summed E-state index contributed by atoms with van der Waals surface area (Å²) in [6.07, 6.45) is -25.5. The molecule has 0 aliphatic carbocycles. The second-order valence-electron chi connectivity index (χ2n) is 26.7. The quantitative estimate of drug-likeness (QED) is 0.0157. The number of rotatable bonds is 45. The number of azide groups is 2. The van der Waals surface area contributed by atoms with Crippen molar-refractivity contribution in [2.75, 3.05) is 80.8 Å². The molecule has 2 N–H and O–H groups in total. The zero-order valence-corrected chi connectivity index (χ0v) is 63.7. The van der Waals surface area contributed by atoms with E-state index in [0.717, 1.165) is 34.0 Å². The fraction of sp³-hybridized carbons (Fsp3) is 0.770. The zero-order valence-electron chi connectivity index (χ0n) is 63.7. The summed E-state index contributed by atoms with van der Waals surface area (Å²) in [4.78, 5) is 77.6. The van der Waals surface area contributed by atoms with E-state index in [9.17, 15) is 45.2 Å². The number of hydrogen-bond acceptors (Lipinski definition) is 30. The molecule has 0 saturated carbocycles. The van der Waals surface area contributed by atoms with Gasteiger partial charge in [-0.3, -0.25) is 4.79 Å². The Balaban J connectivity index is 1.30. The molecule has 606 valence electrons. The minimum Gasteiger partial charge on any atom is -0.467 e. The van der Waals surface area contributed by atoms with Crippen molar-refractivity contribution < 1.29 is 134 Å². The minimum absolute atomic E-state index is 0.0620. The molecular formula is C74H112N6O28. The molecule has 0 radical (unpaired) electrons. The predicted octanol–water partition coefficient (Wildman–Crippen LogP) is 8.25. The van der Waals surface area contributed by atoms with E-state index in [-0.39, 0.29) is 50.8 Å². The Kier molecular flexibility index (Phi) is 38.8. The Labute approximate surface area is 630 Å². The zero-order chi connectivity index (χ0) is 78.1. The van der Waals surface area contributed by atoms with E-state index in [1.54, 1.807) is 55.5 Å². The molecule has 34 nitrogen and oxygen atoms in total. The largest absolute Gasteiger partial charge is 0.467 e. The second-order valence-corrected chi connectivity index (χ2v) is 26.7. The molecule has 2 aromatic rings. The molecule has 5 aliphatic heterocycles. The van der Waals surface area contributed by atoms with E-state index < -0.39 is 203 Å². The predicted molar refractivity (Wildman–Crippen MR) is 379 cm³/mol. The molecule has 5 fully saturated rings. The minimum atomic E-state index is -1.90. The number of carbonyl (C=O) groups excluding carboxylic acids is 5. The molecule has 2 aromatic carbocycles. The van der Waals surface area contributed by atoms with Crippen LogP contribution in [0, 0.1) is 5.92 Å². The van der Waals surface area contributed by atoms with Crippen LogP contribution in [0.1, 0.15) is 153 Å². The number of benzene rings is 2. The van der Waals surface area contributed by atoms with Gasteiger partial charge in [-0.1, -0.05) is 134 Å². The van der Waals surface area contributed by atoms with Crippen molar-refractivity contribution >= 4 is 29.8 Å².